The summed E-state index contributed by atoms with van der Waals surface area (Å²) in [6.45, 7) is 6.68. The number of hydrazone groups is 1. The van der Waals surface area contributed by atoms with Crippen LogP contribution < -0.4 is 5.43 Å². The van der Waals surface area contributed by atoms with Crippen molar-refractivity contribution in [3.05, 3.63) is 0 Å². The van der Waals surface area contributed by atoms with Gasteiger partial charge >= 0.3 is 0 Å². The van der Waals surface area contributed by atoms with E-state index in [9.17, 15) is 0 Å². The smallest absolute Gasteiger partial charge is 0.0483 e. The van der Waals surface area contributed by atoms with E-state index < -0.39 is 0 Å². The van der Waals surface area contributed by atoms with Crippen LogP contribution in [0.4, 0.5) is 0 Å². The quantitative estimate of drug-likeness (QED) is 0.344. The number of hydrogen-bond acceptors (Lipinski definition) is 3. The van der Waals surface area contributed by atoms with Crippen molar-refractivity contribution in [3.63, 3.8) is 0 Å². The Morgan fingerprint density at radius 1 is 1.42 bits per heavy atom. The van der Waals surface area contributed by atoms with Crippen molar-refractivity contribution in [1.82, 2.24) is 5.43 Å². The largest absolute Gasteiger partial charge is 0.382 e. The first-order valence-electron chi connectivity index (χ1n) is 4.74. The second-order valence-electron chi connectivity index (χ2n) is 2.56. The molecule has 0 rings (SSSR count). The van der Waals surface area contributed by atoms with Crippen molar-refractivity contribution in [3.8, 4) is 0 Å². The van der Waals surface area contributed by atoms with Crippen molar-refractivity contribution >= 4 is 6.21 Å². The van der Waals surface area contributed by atoms with Gasteiger partial charge in [-0.25, -0.2) is 0 Å². The molecule has 0 radical (unpaired) electrons. The lowest BCUT2D eigenvalue weighted by atomic mass is 10.4. The molecule has 0 aliphatic rings. The van der Waals surface area contributed by atoms with Crippen LogP contribution in [0.25, 0.3) is 0 Å². The van der Waals surface area contributed by atoms with Crippen LogP contribution in [0.2, 0.25) is 0 Å². The summed E-state index contributed by atoms with van der Waals surface area (Å²) in [5.41, 5.74) is 2.97. The van der Waals surface area contributed by atoms with E-state index in [-0.39, 0.29) is 0 Å². The van der Waals surface area contributed by atoms with E-state index in [0.717, 1.165) is 39.0 Å². The fourth-order valence-corrected chi connectivity index (χ4v) is 0.720. The molecule has 72 valence electrons. The van der Waals surface area contributed by atoms with Crippen LogP contribution >= 0.6 is 0 Å². The molecule has 0 saturated heterocycles. The minimum Gasteiger partial charge on any atom is -0.382 e. The van der Waals surface area contributed by atoms with Crippen LogP contribution in [-0.2, 0) is 4.74 Å². The van der Waals surface area contributed by atoms with Gasteiger partial charge in [-0.05, 0) is 19.8 Å². The summed E-state index contributed by atoms with van der Waals surface area (Å²) in [5, 5.41) is 4.03. The summed E-state index contributed by atoms with van der Waals surface area (Å²) in [7, 11) is 0. The summed E-state index contributed by atoms with van der Waals surface area (Å²) in [4.78, 5) is 0. The highest BCUT2D eigenvalue weighted by Gasteiger charge is 1.83. The summed E-state index contributed by atoms with van der Waals surface area (Å²) < 4.78 is 5.17. The lowest BCUT2D eigenvalue weighted by molar-refractivity contribution is 0.145. The molecule has 0 aromatic carbocycles. The predicted molar refractivity (Wildman–Crippen MR) is 52.5 cm³/mol. The second-order valence-corrected chi connectivity index (χ2v) is 2.56. The van der Waals surface area contributed by atoms with Crippen LogP contribution in [0.3, 0.4) is 0 Å². The maximum atomic E-state index is 5.17. The van der Waals surface area contributed by atoms with Crippen LogP contribution in [0.1, 0.15) is 33.1 Å². The topological polar surface area (TPSA) is 33.6 Å². The molecule has 0 saturated carbocycles. The maximum Gasteiger partial charge on any atom is 0.0483 e. The third-order valence-corrected chi connectivity index (χ3v) is 1.38. The third-order valence-electron chi connectivity index (χ3n) is 1.38. The Labute approximate surface area is 75.2 Å². The highest BCUT2D eigenvalue weighted by Crippen LogP contribution is 1.81. The van der Waals surface area contributed by atoms with Crippen molar-refractivity contribution in [1.29, 1.82) is 0 Å². The average Bonchev–Trinajstić information content (AvgIpc) is 2.10. The number of nitrogens with zero attached hydrogens (tertiary/aromatic N) is 1. The van der Waals surface area contributed by atoms with E-state index in [1.54, 1.807) is 0 Å². The number of nitrogens with one attached hydrogen (secondary N) is 1. The van der Waals surface area contributed by atoms with Crippen molar-refractivity contribution in [2.75, 3.05) is 19.8 Å². The third kappa shape index (κ3) is 9.43. The van der Waals surface area contributed by atoms with Gasteiger partial charge in [0.1, 0.15) is 0 Å². The maximum absolute atomic E-state index is 5.17. The van der Waals surface area contributed by atoms with Crippen LogP contribution in [0, 0.1) is 0 Å². The molecule has 0 spiro atoms. The molecule has 0 aromatic heterocycles. The van der Waals surface area contributed by atoms with Crippen LogP contribution in [-0.4, -0.2) is 26.0 Å². The first-order chi connectivity index (χ1) is 5.91. The normalized spacial score (nSPS) is 10.8. The molecule has 0 amide bonds. The molecule has 0 unspecified atom stereocenters. The fraction of sp³-hybridized carbons (Fsp3) is 0.889. The number of ether oxygens (including phenoxy) is 1. The van der Waals surface area contributed by atoms with Gasteiger partial charge < -0.3 is 10.2 Å². The minimum absolute atomic E-state index is 0.805. The van der Waals surface area contributed by atoms with E-state index in [1.807, 2.05) is 13.1 Å². The molecule has 3 heteroatoms. The summed E-state index contributed by atoms with van der Waals surface area (Å²) in [5.74, 6) is 0. The Hall–Kier alpha value is -0.570. The molecule has 0 bridgehead atoms. The monoisotopic (exact) mass is 172 g/mol. The van der Waals surface area contributed by atoms with Crippen molar-refractivity contribution < 1.29 is 4.74 Å². The van der Waals surface area contributed by atoms with Gasteiger partial charge in [0.2, 0.25) is 0 Å². The van der Waals surface area contributed by atoms with Gasteiger partial charge in [-0.3, -0.25) is 0 Å². The van der Waals surface area contributed by atoms with Crippen LogP contribution in [0.15, 0.2) is 5.10 Å². The fourth-order valence-electron chi connectivity index (χ4n) is 0.720. The highest BCUT2D eigenvalue weighted by molar-refractivity contribution is 5.56. The molecule has 0 aliphatic carbocycles. The standard InChI is InChI=1S/C9H20N2O/c1-3-5-7-10-11-8-6-9-12-4-2/h7,11H,3-6,8-9H2,1-2H3/b10-7+. The molecule has 0 heterocycles. The zero-order chi connectivity index (χ0) is 9.07. The van der Waals surface area contributed by atoms with Gasteiger partial charge in [0, 0.05) is 26.0 Å². The van der Waals surface area contributed by atoms with Gasteiger partial charge in [-0.2, -0.15) is 5.10 Å². The Morgan fingerprint density at radius 2 is 2.25 bits per heavy atom. The predicted octanol–water partition coefficient (Wildman–Crippen LogP) is 1.79. The zero-order valence-electron chi connectivity index (χ0n) is 8.18. The van der Waals surface area contributed by atoms with Gasteiger partial charge in [0.25, 0.3) is 0 Å². The number of unbranched alkanes of at least 4 members (excludes halogenated alkanes) is 1. The molecular weight excluding hydrogens is 152 g/mol. The van der Waals surface area contributed by atoms with Crippen molar-refractivity contribution in [2.45, 2.75) is 33.1 Å². The second kappa shape index (κ2) is 10.4. The minimum atomic E-state index is 0.805. The lowest BCUT2D eigenvalue weighted by Gasteiger charge is -2.00. The first-order valence-corrected chi connectivity index (χ1v) is 4.74. The Kier molecular flexibility index (Phi) is 9.93. The van der Waals surface area contributed by atoms with E-state index in [1.165, 1.54) is 0 Å². The van der Waals surface area contributed by atoms with Gasteiger partial charge in [-0.1, -0.05) is 13.3 Å². The summed E-state index contributed by atoms with van der Waals surface area (Å²) in [6.07, 6.45) is 5.15. The summed E-state index contributed by atoms with van der Waals surface area (Å²) >= 11 is 0. The molecule has 0 aliphatic heterocycles. The Bertz CT molecular complexity index is 105. The molecule has 1 N–H and O–H groups in total. The van der Waals surface area contributed by atoms with E-state index in [0.29, 0.717) is 0 Å². The highest BCUT2D eigenvalue weighted by atomic mass is 16.5. The lowest BCUT2D eigenvalue weighted by Crippen LogP contribution is -2.10. The van der Waals surface area contributed by atoms with E-state index in [4.69, 9.17) is 4.74 Å². The molecule has 3 nitrogen and oxygen atoms in total. The summed E-state index contributed by atoms with van der Waals surface area (Å²) in [6, 6.07) is 0. The van der Waals surface area contributed by atoms with Gasteiger partial charge in [0.05, 0.1) is 0 Å². The Balaban J connectivity index is 2.90. The van der Waals surface area contributed by atoms with Gasteiger partial charge in [0.15, 0.2) is 0 Å². The molecule has 12 heavy (non-hydrogen) atoms. The first kappa shape index (κ1) is 11.4. The molecule has 0 fully saturated rings. The van der Waals surface area contributed by atoms with E-state index in [2.05, 4.69) is 17.5 Å². The SMILES string of the molecule is CCC/C=N/NCCCOCC. The van der Waals surface area contributed by atoms with E-state index >= 15 is 0 Å². The van der Waals surface area contributed by atoms with Crippen molar-refractivity contribution in [2.24, 2.45) is 5.10 Å². The average molecular weight is 172 g/mol. The number of hydrogen-bond donors (Lipinski definition) is 1. The molecule has 0 atom stereocenters. The zero-order valence-corrected chi connectivity index (χ0v) is 8.18. The molecular formula is C9H20N2O. The van der Waals surface area contributed by atoms with Crippen LogP contribution in [0.5, 0.6) is 0 Å². The molecule has 0 aromatic rings. The Morgan fingerprint density at radius 3 is 2.92 bits per heavy atom. The number of rotatable bonds is 8. The van der Waals surface area contributed by atoms with Gasteiger partial charge in [-0.15, -0.1) is 0 Å².